The Morgan fingerprint density at radius 3 is 0.600 bits per heavy atom. The molecule has 0 N–H and O–H groups in total. The highest BCUT2D eigenvalue weighted by atomic mass is 13.8. The van der Waals surface area contributed by atoms with Crippen molar-refractivity contribution >= 4 is 0 Å². The van der Waals surface area contributed by atoms with Crippen LogP contribution in [0, 0.1) is 0 Å². The topological polar surface area (TPSA) is 0 Å². The largest absolute Gasteiger partial charge is 0.0808 e. The number of allylic oxidation sites excluding steroid dienone is 8. The molecule has 124 valence electrons. The maximum atomic E-state index is 2.12. The van der Waals surface area contributed by atoms with Crippen molar-refractivity contribution in [1.82, 2.24) is 0 Å². The number of rotatable bonds is 0. The first-order valence-corrected chi connectivity index (χ1v) is 7.63. The van der Waals surface area contributed by atoms with E-state index in [1.54, 1.807) is 0 Å². The third-order valence-electron chi connectivity index (χ3n) is 1.31. The van der Waals surface area contributed by atoms with Gasteiger partial charge in [-0.2, -0.15) is 0 Å². The van der Waals surface area contributed by atoms with Gasteiger partial charge in [-0.3, -0.25) is 0 Å². The molecule has 0 nitrogen and oxygen atoms in total. The second-order valence-electron chi connectivity index (χ2n) is 2.18. The van der Waals surface area contributed by atoms with Gasteiger partial charge in [0, 0.05) is 0 Å². The van der Waals surface area contributed by atoms with Crippen molar-refractivity contribution in [3.63, 3.8) is 0 Å². The van der Waals surface area contributed by atoms with E-state index in [9.17, 15) is 0 Å². The standard InChI is InChI=1S/2C5H6.4C2H6.2CH4/c2*1-2-4-5-3-1;4*1-2;;/h2*1-4H,5H2;4*1-2H3;2*1H4. The van der Waals surface area contributed by atoms with Crippen LogP contribution in [0.25, 0.3) is 0 Å². The van der Waals surface area contributed by atoms with Crippen molar-refractivity contribution in [1.29, 1.82) is 0 Å². The Labute approximate surface area is 132 Å². The molecule has 0 heterocycles. The Morgan fingerprint density at radius 1 is 0.400 bits per heavy atom. The number of hydrogen-bond donors (Lipinski definition) is 0. The van der Waals surface area contributed by atoms with E-state index >= 15 is 0 Å². The number of hydrogen-bond acceptors (Lipinski definition) is 0. The van der Waals surface area contributed by atoms with Gasteiger partial charge in [0.2, 0.25) is 0 Å². The third-order valence-corrected chi connectivity index (χ3v) is 1.31. The highest BCUT2D eigenvalue weighted by Gasteiger charge is 1.72. The SMILES string of the molecule is C.C.C1=CCC=C1.C1=CCC=C1.CC.CC.CC.CC. The van der Waals surface area contributed by atoms with Gasteiger partial charge in [0.15, 0.2) is 0 Å². The van der Waals surface area contributed by atoms with Gasteiger partial charge in [-0.05, 0) is 12.8 Å². The lowest BCUT2D eigenvalue weighted by molar-refractivity contribution is 1.45. The molecule has 0 fully saturated rings. The van der Waals surface area contributed by atoms with Crippen molar-refractivity contribution in [3.8, 4) is 0 Å². The molecular formula is C20H44. The quantitative estimate of drug-likeness (QED) is 0.419. The Bertz CT molecular complexity index is 138. The van der Waals surface area contributed by atoms with E-state index in [1.165, 1.54) is 0 Å². The molecule has 0 bridgehead atoms. The van der Waals surface area contributed by atoms with Crippen LogP contribution in [0.15, 0.2) is 48.6 Å². The molecular weight excluding hydrogens is 240 g/mol. The van der Waals surface area contributed by atoms with E-state index in [0.717, 1.165) is 12.8 Å². The third kappa shape index (κ3) is 53.8. The second-order valence-corrected chi connectivity index (χ2v) is 2.18. The van der Waals surface area contributed by atoms with Crippen LogP contribution in [0.1, 0.15) is 83.1 Å². The van der Waals surface area contributed by atoms with Gasteiger partial charge in [-0.15, -0.1) is 0 Å². The van der Waals surface area contributed by atoms with Crippen molar-refractivity contribution in [2.24, 2.45) is 0 Å². The van der Waals surface area contributed by atoms with Crippen LogP contribution in [-0.2, 0) is 0 Å². The first-order valence-electron chi connectivity index (χ1n) is 7.63. The first kappa shape index (κ1) is 36.4. The van der Waals surface area contributed by atoms with Crippen LogP contribution in [-0.4, -0.2) is 0 Å². The summed E-state index contributed by atoms with van der Waals surface area (Å²) >= 11 is 0. The highest BCUT2D eigenvalue weighted by molar-refractivity contribution is 5.12. The van der Waals surface area contributed by atoms with E-state index in [-0.39, 0.29) is 14.9 Å². The van der Waals surface area contributed by atoms with Crippen LogP contribution in [0.5, 0.6) is 0 Å². The molecule has 0 heteroatoms. The summed E-state index contributed by atoms with van der Waals surface area (Å²) < 4.78 is 0. The highest BCUT2D eigenvalue weighted by Crippen LogP contribution is 1.93. The van der Waals surface area contributed by atoms with E-state index in [4.69, 9.17) is 0 Å². The average molecular weight is 285 g/mol. The second kappa shape index (κ2) is 64.3. The monoisotopic (exact) mass is 284 g/mol. The lowest BCUT2D eigenvalue weighted by atomic mass is 10.5. The molecule has 0 aromatic heterocycles. The maximum absolute atomic E-state index is 2.12. The zero-order valence-electron chi connectivity index (χ0n) is 14.0. The fourth-order valence-corrected chi connectivity index (χ4v) is 0.786. The fraction of sp³-hybridized carbons (Fsp3) is 0.600. The normalized spacial score (nSPS) is 10.0. The van der Waals surface area contributed by atoms with Gasteiger partial charge in [-0.25, -0.2) is 0 Å². The van der Waals surface area contributed by atoms with E-state index in [2.05, 4.69) is 48.6 Å². The van der Waals surface area contributed by atoms with Crippen LogP contribution < -0.4 is 0 Å². The molecule has 0 saturated heterocycles. The zero-order valence-corrected chi connectivity index (χ0v) is 14.0. The summed E-state index contributed by atoms with van der Waals surface area (Å²) in [4.78, 5) is 0. The smallest absolute Gasteiger partial charge is 0.0163 e. The summed E-state index contributed by atoms with van der Waals surface area (Å²) in [6.07, 6.45) is 19.0. The summed E-state index contributed by atoms with van der Waals surface area (Å²) in [7, 11) is 0. The Morgan fingerprint density at radius 2 is 0.550 bits per heavy atom. The van der Waals surface area contributed by atoms with Crippen molar-refractivity contribution in [2.75, 3.05) is 0 Å². The minimum absolute atomic E-state index is 0. The van der Waals surface area contributed by atoms with E-state index < -0.39 is 0 Å². The average Bonchev–Trinajstić information content (AvgIpc) is 3.25. The Hall–Kier alpha value is -1.04. The molecule has 0 aromatic rings. The minimum Gasteiger partial charge on any atom is -0.0808 e. The maximum Gasteiger partial charge on any atom is -0.0163 e. The predicted octanol–water partition coefficient (Wildman–Crippen LogP) is 8.38. The summed E-state index contributed by atoms with van der Waals surface area (Å²) in [6.45, 7) is 16.0. The molecule has 0 spiro atoms. The molecule has 20 heavy (non-hydrogen) atoms. The summed E-state index contributed by atoms with van der Waals surface area (Å²) in [5.41, 5.74) is 0. The van der Waals surface area contributed by atoms with Gasteiger partial charge >= 0.3 is 0 Å². The predicted molar refractivity (Wildman–Crippen MR) is 105 cm³/mol. The van der Waals surface area contributed by atoms with Gasteiger partial charge in [0.1, 0.15) is 0 Å². The molecule has 2 aliphatic rings. The van der Waals surface area contributed by atoms with E-state index in [0.29, 0.717) is 0 Å². The molecule has 0 atom stereocenters. The van der Waals surface area contributed by atoms with Crippen molar-refractivity contribution in [2.45, 2.75) is 83.1 Å². The minimum atomic E-state index is 0. The van der Waals surface area contributed by atoms with Gasteiger partial charge in [0.05, 0.1) is 0 Å². The molecule has 0 amide bonds. The lowest BCUT2D eigenvalue weighted by Gasteiger charge is -1.57. The van der Waals surface area contributed by atoms with Crippen LogP contribution in [0.3, 0.4) is 0 Å². The molecule has 0 unspecified atom stereocenters. The van der Waals surface area contributed by atoms with Gasteiger partial charge in [-0.1, -0.05) is 119 Å². The molecule has 0 saturated carbocycles. The van der Waals surface area contributed by atoms with Crippen molar-refractivity contribution in [3.05, 3.63) is 48.6 Å². The molecule has 0 aliphatic heterocycles. The van der Waals surface area contributed by atoms with Gasteiger partial charge < -0.3 is 0 Å². The summed E-state index contributed by atoms with van der Waals surface area (Å²) in [5, 5.41) is 0. The van der Waals surface area contributed by atoms with E-state index in [1.807, 2.05) is 55.4 Å². The summed E-state index contributed by atoms with van der Waals surface area (Å²) in [6, 6.07) is 0. The van der Waals surface area contributed by atoms with Crippen LogP contribution in [0.2, 0.25) is 0 Å². The molecule has 0 radical (unpaired) electrons. The zero-order chi connectivity index (χ0) is 15.1. The lowest BCUT2D eigenvalue weighted by Crippen LogP contribution is -1.37. The Kier molecular flexibility index (Phi) is 117. The van der Waals surface area contributed by atoms with Gasteiger partial charge in [0.25, 0.3) is 0 Å². The van der Waals surface area contributed by atoms with Crippen LogP contribution in [0.4, 0.5) is 0 Å². The molecule has 0 aromatic carbocycles. The molecule has 2 rings (SSSR count). The summed E-state index contributed by atoms with van der Waals surface area (Å²) in [5.74, 6) is 0. The first-order chi connectivity index (χ1) is 9.00. The van der Waals surface area contributed by atoms with Crippen molar-refractivity contribution < 1.29 is 0 Å². The Balaban J connectivity index is -0.0000000311. The fourth-order valence-electron chi connectivity index (χ4n) is 0.786. The molecule has 2 aliphatic carbocycles. The van der Waals surface area contributed by atoms with Crippen LogP contribution >= 0.6 is 0 Å².